The minimum atomic E-state index is -1.36. The van der Waals surface area contributed by atoms with Gasteiger partial charge >= 0.3 is 5.97 Å². The largest absolute Gasteiger partial charge is 0.462 e. The third-order valence-corrected chi connectivity index (χ3v) is 15.4. The summed E-state index contributed by atoms with van der Waals surface area (Å²) in [6.07, 6.45) is 0.555. The number of carbonyl (C=O) groups is 1. The number of rotatable bonds is 8. The van der Waals surface area contributed by atoms with Gasteiger partial charge in [-0.3, -0.25) is 4.79 Å². The molecule has 5 aliphatic carbocycles. The van der Waals surface area contributed by atoms with Crippen LogP contribution in [0, 0.1) is 50.7 Å². The Balaban J connectivity index is 1.28. The lowest BCUT2D eigenvalue weighted by Crippen LogP contribution is -2.63. The lowest BCUT2D eigenvalue weighted by atomic mass is 9.41. The van der Waals surface area contributed by atoms with E-state index in [2.05, 4.69) is 34.6 Å². The molecule has 0 aromatic rings. The molecule has 0 bridgehead atoms. The van der Waals surface area contributed by atoms with Crippen molar-refractivity contribution in [2.75, 3.05) is 6.61 Å². The Bertz CT molecular complexity index is 1200. The van der Waals surface area contributed by atoms with Crippen molar-refractivity contribution in [1.29, 1.82) is 0 Å². The van der Waals surface area contributed by atoms with E-state index in [0.29, 0.717) is 12.8 Å². The van der Waals surface area contributed by atoms with Crippen molar-refractivity contribution in [3.8, 4) is 0 Å². The van der Waals surface area contributed by atoms with E-state index in [1.807, 2.05) is 0 Å². The monoisotopic (exact) mass is 666 g/mol. The molecule has 0 aromatic heterocycles. The first-order valence-corrected chi connectivity index (χ1v) is 18.2. The molecule has 6 N–H and O–H groups in total. The SMILES string of the molecule is CC(=O)OC1CC2C3(C)CC(O)C(C(C)CCC(O)C(C)(C)O)C3(C)CCC23CC32CCC(OC3OCC(O)C(O)C3O)C(C)(C)C12. The Morgan fingerprint density at radius 2 is 1.64 bits per heavy atom. The third kappa shape index (κ3) is 5.20. The second kappa shape index (κ2) is 11.6. The van der Waals surface area contributed by atoms with Crippen LogP contribution >= 0.6 is 0 Å². The van der Waals surface area contributed by atoms with Crippen LogP contribution in [0.4, 0.5) is 0 Å². The van der Waals surface area contributed by atoms with Crippen LogP contribution in [-0.4, -0.2) is 97.8 Å². The highest BCUT2D eigenvalue weighted by atomic mass is 16.7. The maximum Gasteiger partial charge on any atom is 0.302 e. The summed E-state index contributed by atoms with van der Waals surface area (Å²) >= 11 is 0. The van der Waals surface area contributed by atoms with Gasteiger partial charge in [-0.05, 0) is 116 Å². The van der Waals surface area contributed by atoms with Crippen molar-refractivity contribution in [3.63, 3.8) is 0 Å². The topological polar surface area (TPSA) is 166 Å². The Hall–Kier alpha value is -0.850. The first kappa shape index (κ1) is 36.0. The zero-order chi connectivity index (χ0) is 34.7. The van der Waals surface area contributed by atoms with E-state index in [0.717, 1.165) is 44.9 Å². The van der Waals surface area contributed by atoms with Gasteiger partial charge in [-0.25, -0.2) is 0 Å². The highest BCUT2D eigenvalue weighted by molar-refractivity contribution is 5.66. The molecule has 2 spiro atoms. The van der Waals surface area contributed by atoms with Gasteiger partial charge in [0.1, 0.15) is 24.4 Å². The summed E-state index contributed by atoms with van der Waals surface area (Å²) in [5.41, 5.74) is -1.85. The van der Waals surface area contributed by atoms with Crippen LogP contribution in [0.15, 0.2) is 0 Å². The van der Waals surface area contributed by atoms with E-state index in [-0.39, 0.29) is 70.1 Å². The normalized spacial score (nSPS) is 51.5. The number of hydrogen-bond acceptors (Lipinski definition) is 10. The summed E-state index contributed by atoms with van der Waals surface area (Å²) in [4.78, 5) is 12.7. The molecule has 0 aromatic carbocycles. The number of aliphatic hydroxyl groups excluding tert-OH is 5. The molecule has 6 fully saturated rings. The van der Waals surface area contributed by atoms with Crippen LogP contribution in [0.1, 0.15) is 113 Å². The van der Waals surface area contributed by atoms with E-state index < -0.39 is 47.8 Å². The predicted molar refractivity (Wildman–Crippen MR) is 173 cm³/mol. The number of ether oxygens (including phenoxy) is 3. The standard InChI is InChI=1S/C37H62O10/c1-19(9-10-25(41)33(5,6)44)27-21(39)16-35(8)24-15-23(46-20(2)38)30-32(3,4)26(47-31-29(43)28(42)22(40)17-45-31)11-12-37(30)18-36(24,37)14-13-34(27,35)7/h19,21-31,39-44H,9-18H2,1-8H3. The smallest absolute Gasteiger partial charge is 0.302 e. The molecule has 10 nitrogen and oxygen atoms in total. The highest BCUT2D eigenvalue weighted by Gasteiger charge is 2.85. The second-order valence-electron chi connectivity index (χ2n) is 18.5. The van der Waals surface area contributed by atoms with Crippen LogP contribution < -0.4 is 0 Å². The van der Waals surface area contributed by atoms with Crippen molar-refractivity contribution in [3.05, 3.63) is 0 Å². The zero-order valence-electron chi connectivity index (χ0n) is 29.8. The maximum absolute atomic E-state index is 12.7. The molecule has 5 saturated carbocycles. The van der Waals surface area contributed by atoms with Gasteiger partial charge in [-0.15, -0.1) is 0 Å². The number of hydrogen-bond donors (Lipinski definition) is 6. The molecule has 1 saturated heterocycles. The molecule has 1 aliphatic heterocycles. The third-order valence-electron chi connectivity index (χ3n) is 15.4. The molecular formula is C37H62O10. The quantitative estimate of drug-likeness (QED) is 0.167. The molecule has 6 aliphatic rings. The number of esters is 1. The van der Waals surface area contributed by atoms with Gasteiger partial charge in [0.15, 0.2) is 6.29 Å². The Morgan fingerprint density at radius 3 is 2.28 bits per heavy atom. The molecular weight excluding hydrogens is 604 g/mol. The minimum absolute atomic E-state index is 0.0301. The number of carbonyl (C=O) groups excluding carboxylic acids is 1. The fraction of sp³-hybridized carbons (Fsp3) is 0.973. The van der Waals surface area contributed by atoms with Crippen molar-refractivity contribution in [2.45, 2.75) is 168 Å². The van der Waals surface area contributed by atoms with Gasteiger partial charge in [-0.2, -0.15) is 0 Å². The summed E-state index contributed by atoms with van der Waals surface area (Å²) in [6, 6.07) is 0. The van der Waals surface area contributed by atoms with Gasteiger partial charge in [0.05, 0.1) is 30.5 Å². The average Bonchev–Trinajstić information content (AvgIpc) is 3.55. The van der Waals surface area contributed by atoms with Gasteiger partial charge in [0.2, 0.25) is 0 Å². The number of fused-ring (bicyclic) bond motifs is 2. The van der Waals surface area contributed by atoms with Crippen molar-refractivity contribution >= 4 is 5.97 Å². The molecule has 10 heteroatoms. The Labute approximate surface area is 280 Å². The van der Waals surface area contributed by atoms with Crippen LogP contribution in [0.2, 0.25) is 0 Å². The molecule has 47 heavy (non-hydrogen) atoms. The van der Waals surface area contributed by atoms with Crippen molar-refractivity contribution < 1.29 is 49.6 Å². The van der Waals surface area contributed by atoms with Gasteiger partial charge in [-0.1, -0.05) is 34.6 Å². The second-order valence-corrected chi connectivity index (χ2v) is 18.5. The summed E-state index contributed by atoms with van der Waals surface area (Å²) in [7, 11) is 0. The first-order chi connectivity index (χ1) is 21.7. The molecule has 6 rings (SSSR count). The van der Waals surface area contributed by atoms with Crippen molar-refractivity contribution in [2.24, 2.45) is 50.7 Å². The van der Waals surface area contributed by atoms with E-state index in [1.165, 1.54) is 6.92 Å². The first-order valence-electron chi connectivity index (χ1n) is 18.2. The minimum Gasteiger partial charge on any atom is -0.462 e. The lowest BCUT2D eigenvalue weighted by Gasteiger charge is -2.64. The van der Waals surface area contributed by atoms with Gasteiger partial charge < -0.3 is 44.8 Å². The molecule has 270 valence electrons. The van der Waals surface area contributed by atoms with E-state index in [1.54, 1.807) is 13.8 Å². The molecule has 0 amide bonds. The van der Waals surface area contributed by atoms with Crippen LogP contribution in [-0.2, 0) is 19.0 Å². The number of aliphatic hydroxyl groups is 6. The summed E-state index contributed by atoms with van der Waals surface area (Å²) < 4.78 is 18.4. The van der Waals surface area contributed by atoms with Crippen LogP contribution in [0.5, 0.6) is 0 Å². The maximum atomic E-state index is 12.7. The van der Waals surface area contributed by atoms with Gasteiger partial charge in [0, 0.05) is 12.8 Å². The van der Waals surface area contributed by atoms with E-state index in [9.17, 15) is 35.4 Å². The highest BCUT2D eigenvalue weighted by Crippen LogP contribution is 2.89. The fourth-order valence-corrected chi connectivity index (χ4v) is 13.1. The van der Waals surface area contributed by atoms with E-state index >= 15 is 0 Å². The Kier molecular flexibility index (Phi) is 8.87. The van der Waals surface area contributed by atoms with Crippen molar-refractivity contribution in [1.82, 2.24) is 0 Å². The predicted octanol–water partition coefficient (Wildman–Crippen LogP) is 3.31. The fourth-order valence-electron chi connectivity index (χ4n) is 13.1. The molecule has 0 radical (unpaired) electrons. The van der Waals surface area contributed by atoms with Crippen LogP contribution in [0.25, 0.3) is 0 Å². The average molecular weight is 667 g/mol. The molecule has 16 unspecified atom stereocenters. The zero-order valence-corrected chi connectivity index (χ0v) is 29.8. The summed E-state index contributed by atoms with van der Waals surface area (Å²) in [5, 5.41) is 63.7. The van der Waals surface area contributed by atoms with Gasteiger partial charge in [0.25, 0.3) is 0 Å². The molecule has 1 heterocycles. The summed E-state index contributed by atoms with van der Waals surface area (Å²) in [6.45, 7) is 16.0. The Morgan fingerprint density at radius 1 is 0.957 bits per heavy atom. The molecule has 16 atom stereocenters. The van der Waals surface area contributed by atoms with Crippen LogP contribution in [0.3, 0.4) is 0 Å². The van der Waals surface area contributed by atoms with E-state index in [4.69, 9.17) is 14.2 Å². The lowest BCUT2D eigenvalue weighted by molar-refractivity contribution is -0.307. The summed E-state index contributed by atoms with van der Waals surface area (Å²) in [5.74, 6) is 0.237.